The molecule has 0 aromatic heterocycles. The van der Waals surface area contributed by atoms with E-state index in [1.54, 1.807) is 37.4 Å². The van der Waals surface area contributed by atoms with Crippen LogP contribution in [-0.4, -0.2) is 49.4 Å². The number of anilines is 1. The Hall–Kier alpha value is -1.95. The fraction of sp³-hybridized carbons (Fsp3) is 0.381. The number of halogens is 2. The lowest BCUT2D eigenvalue weighted by molar-refractivity contribution is 0.200. The molecule has 1 fully saturated rings. The van der Waals surface area contributed by atoms with Gasteiger partial charge in [0.25, 0.3) is 0 Å². The molecule has 1 heterocycles. The quantitative estimate of drug-likeness (QED) is 0.654. The van der Waals surface area contributed by atoms with Crippen molar-refractivity contribution in [1.82, 2.24) is 4.90 Å². The van der Waals surface area contributed by atoms with E-state index in [0.717, 1.165) is 31.4 Å². The van der Waals surface area contributed by atoms with E-state index < -0.39 is 6.09 Å². The van der Waals surface area contributed by atoms with E-state index in [4.69, 9.17) is 27.9 Å². The van der Waals surface area contributed by atoms with E-state index in [1.165, 1.54) is 4.90 Å². The number of benzene rings is 2. The first kappa shape index (κ1) is 20.8. The zero-order valence-electron chi connectivity index (χ0n) is 16.0. The van der Waals surface area contributed by atoms with Gasteiger partial charge in [0, 0.05) is 28.2 Å². The summed E-state index contributed by atoms with van der Waals surface area (Å²) >= 11 is 12.4. The molecule has 0 bridgehead atoms. The Labute approximate surface area is 175 Å². The molecule has 3 rings (SSSR count). The summed E-state index contributed by atoms with van der Waals surface area (Å²) in [5.74, 6) is 0.635. The van der Waals surface area contributed by atoms with Gasteiger partial charge in [-0.25, -0.2) is 4.79 Å². The second-order valence-electron chi connectivity index (χ2n) is 7.04. The third-order valence-electron chi connectivity index (χ3n) is 5.26. The molecule has 1 unspecified atom stereocenters. The lowest BCUT2D eigenvalue weighted by atomic mass is 10.0. The molecule has 0 radical (unpaired) electrons. The number of likely N-dealkylation sites (tertiary alicyclic amines) is 1. The molecule has 0 saturated carbocycles. The third kappa shape index (κ3) is 4.72. The zero-order valence-corrected chi connectivity index (χ0v) is 17.5. The molecule has 0 spiro atoms. The molecule has 1 N–H and O–H groups in total. The van der Waals surface area contributed by atoms with Gasteiger partial charge in [-0.1, -0.05) is 23.2 Å². The Morgan fingerprint density at radius 1 is 1.25 bits per heavy atom. The Balaban J connectivity index is 1.98. The van der Waals surface area contributed by atoms with E-state index in [2.05, 4.69) is 11.9 Å². The van der Waals surface area contributed by atoms with Gasteiger partial charge in [-0.05, 0) is 74.8 Å². The number of ether oxygens (including phenoxy) is 1. The van der Waals surface area contributed by atoms with Gasteiger partial charge < -0.3 is 14.7 Å². The van der Waals surface area contributed by atoms with Crippen molar-refractivity contribution in [2.45, 2.75) is 25.3 Å². The van der Waals surface area contributed by atoms with Crippen molar-refractivity contribution in [1.29, 1.82) is 0 Å². The number of methoxy groups -OCH3 is 1. The number of amides is 1. The van der Waals surface area contributed by atoms with Crippen molar-refractivity contribution in [2.24, 2.45) is 0 Å². The second kappa shape index (κ2) is 9.03. The smallest absolute Gasteiger partial charge is 0.411 e. The molecule has 7 heteroatoms. The van der Waals surface area contributed by atoms with Crippen LogP contribution in [0.25, 0.3) is 11.1 Å². The normalized spacial score (nSPS) is 16.9. The first-order valence-corrected chi connectivity index (χ1v) is 10.00. The molecular formula is C21H24Cl2N2O3. The van der Waals surface area contributed by atoms with E-state index in [-0.39, 0.29) is 0 Å². The summed E-state index contributed by atoms with van der Waals surface area (Å²) in [7, 11) is 3.67. The molecule has 1 saturated heterocycles. The van der Waals surface area contributed by atoms with E-state index in [9.17, 15) is 9.90 Å². The Bertz CT molecular complexity index is 839. The molecule has 1 amide bonds. The van der Waals surface area contributed by atoms with Gasteiger partial charge in [0.2, 0.25) is 0 Å². The maximum Gasteiger partial charge on any atom is 0.411 e. The van der Waals surface area contributed by atoms with Crippen molar-refractivity contribution in [3.8, 4) is 16.9 Å². The number of hydrogen-bond donors (Lipinski definition) is 1. The highest BCUT2D eigenvalue weighted by Gasteiger charge is 2.25. The fourth-order valence-electron chi connectivity index (χ4n) is 3.76. The molecule has 150 valence electrons. The highest BCUT2D eigenvalue weighted by Crippen LogP contribution is 2.37. The Morgan fingerprint density at radius 3 is 2.54 bits per heavy atom. The van der Waals surface area contributed by atoms with Crippen LogP contribution in [0.4, 0.5) is 10.5 Å². The van der Waals surface area contributed by atoms with Gasteiger partial charge in [0.1, 0.15) is 5.75 Å². The van der Waals surface area contributed by atoms with Gasteiger partial charge in [-0.3, -0.25) is 4.90 Å². The van der Waals surface area contributed by atoms with E-state index in [0.29, 0.717) is 39.6 Å². The van der Waals surface area contributed by atoms with Gasteiger partial charge in [0.15, 0.2) is 0 Å². The van der Waals surface area contributed by atoms with E-state index >= 15 is 0 Å². The molecule has 0 aliphatic carbocycles. The summed E-state index contributed by atoms with van der Waals surface area (Å²) in [6.45, 7) is 1.48. The lowest BCUT2D eigenvalue weighted by Crippen LogP contribution is -2.35. The summed E-state index contributed by atoms with van der Waals surface area (Å²) in [4.78, 5) is 15.8. The van der Waals surface area contributed by atoms with Gasteiger partial charge in [0.05, 0.1) is 12.8 Å². The molecule has 1 aliphatic rings. The number of nitrogens with zero attached hydrogens (tertiary/aromatic N) is 2. The molecule has 1 aliphatic heterocycles. The highest BCUT2D eigenvalue weighted by atomic mass is 35.5. The van der Waals surface area contributed by atoms with Crippen LogP contribution in [0.5, 0.6) is 5.75 Å². The first-order valence-electron chi connectivity index (χ1n) is 9.24. The average molecular weight is 423 g/mol. The minimum Gasteiger partial charge on any atom is -0.497 e. The Kier molecular flexibility index (Phi) is 6.70. The summed E-state index contributed by atoms with van der Waals surface area (Å²) in [6.07, 6.45) is 2.05. The maximum absolute atomic E-state index is 12.1. The van der Waals surface area contributed by atoms with Crippen LogP contribution in [-0.2, 0) is 0 Å². The van der Waals surface area contributed by atoms with Crippen molar-refractivity contribution in [3.05, 3.63) is 46.4 Å². The molecule has 1 atom stereocenters. The van der Waals surface area contributed by atoms with Crippen LogP contribution in [0.2, 0.25) is 10.0 Å². The van der Waals surface area contributed by atoms with Crippen LogP contribution in [0.3, 0.4) is 0 Å². The SMILES string of the molecule is COc1ccc(N(CCC2CCCN2C)C(=O)O)c(-c2cc(Cl)cc(Cl)c2)c1. The van der Waals surface area contributed by atoms with Gasteiger partial charge in [-0.15, -0.1) is 0 Å². The molecule has 5 nitrogen and oxygen atoms in total. The predicted molar refractivity (Wildman–Crippen MR) is 114 cm³/mol. The second-order valence-corrected chi connectivity index (χ2v) is 7.91. The van der Waals surface area contributed by atoms with Gasteiger partial charge >= 0.3 is 6.09 Å². The number of carboxylic acid groups (broad SMARTS) is 1. The molecule has 28 heavy (non-hydrogen) atoms. The molecular weight excluding hydrogens is 399 g/mol. The number of hydrogen-bond acceptors (Lipinski definition) is 3. The largest absolute Gasteiger partial charge is 0.497 e. The standard InChI is InChI=1S/C21H24Cl2N2O3/c1-24-8-3-4-17(24)7-9-25(21(26)27)20-6-5-18(28-2)13-19(20)14-10-15(22)12-16(23)11-14/h5-6,10-13,17H,3-4,7-9H2,1-2H3,(H,26,27). The average Bonchev–Trinajstić information content (AvgIpc) is 3.06. The highest BCUT2D eigenvalue weighted by molar-refractivity contribution is 6.35. The number of carbonyl (C=O) groups is 1. The van der Waals surface area contributed by atoms with Crippen LogP contribution < -0.4 is 9.64 Å². The van der Waals surface area contributed by atoms with Crippen molar-refractivity contribution in [2.75, 3.05) is 32.1 Å². The van der Waals surface area contributed by atoms with Crippen LogP contribution in [0.15, 0.2) is 36.4 Å². The summed E-state index contributed by atoms with van der Waals surface area (Å²) in [5.41, 5.74) is 2.05. The summed E-state index contributed by atoms with van der Waals surface area (Å²) in [6, 6.07) is 11.0. The summed E-state index contributed by atoms with van der Waals surface area (Å²) in [5, 5.41) is 10.9. The van der Waals surface area contributed by atoms with Crippen LogP contribution in [0, 0.1) is 0 Å². The fourth-order valence-corrected chi connectivity index (χ4v) is 4.29. The van der Waals surface area contributed by atoms with Crippen LogP contribution in [0.1, 0.15) is 19.3 Å². The monoisotopic (exact) mass is 422 g/mol. The Morgan fingerprint density at radius 2 is 1.96 bits per heavy atom. The van der Waals surface area contributed by atoms with Crippen molar-refractivity contribution in [3.63, 3.8) is 0 Å². The lowest BCUT2D eigenvalue weighted by Gasteiger charge is -2.26. The van der Waals surface area contributed by atoms with Gasteiger partial charge in [-0.2, -0.15) is 0 Å². The minimum absolute atomic E-state index is 0.407. The van der Waals surface area contributed by atoms with Crippen LogP contribution >= 0.6 is 23.2 Å². The topological polar surface area (TPSA) is 53.0 Å². The first-order chi connectivity index (χ1) is 13.4. The zero-order chi connectivity index (χ0) is 20.3. The van der Waals surface area contributed by atoms with Crippen molar-refractivity contribution < 1.29 is 14.6 Å². The third-order valence-corrected chi connectivity index (χ3v) is 5.69. The molecule has 2 aromatic carbocycles. The number of rotatable bonds is 6. The maximum atomic E-state index is 12.1. The minimum atomic E-state index is -0.986. The summed E-state index contributed by atoms with van der Waals surface area (Å²) < 4.78 is 5.35. The predicted octanol–water partition coefficient (Wildman–Crippen LogP) is 5.64. The molecule has 2 aromatic rings. The van der Waals surface area contributed by atoms with E-state index in [1.807, 2.05) is 6.07 Å². The van der Waals surface area contributed by atoms with Crippen molar-refractivity contribution >= 4 is 35.0 Å².